The molecule has 0 aliphatic carbocycles. The Hall–Kier alpha value is -3.62. The summed E-state index contributed by atoms with van der Waals surface area (Å²) in [6, 6.07) is 18.0. The zero-order valence-electron chi connectivity index (χ0n) is 26.8. The SMILES string of the molecule is [2H]c1c([2H])c([2H])c(-c2ccc(N(c3ccc(Br)cc3)c3ccc(-c4c([2H])c([2H])c([2H])c([2H])c4[2H])cc3)cc2)c([2H])c1[2H]. The van der Waals surface area contributed by atoms with Crippen molar-refractivity contribution in [3.8, 4) is 22.3 Å². The Labute approximate surface area is 211 Å². The van der Waals surface area contributed by atoms with Crippen molar-refractivity contribution in [2.75, 3.05) is 4.90 Å². The summed E-state index contributed by atoms with van der Waals surface area (Å²) in [5.74, 6) is 0. The van der Waals surface area contributed by atoms with Gasteiger partial charge in [-0.05, 0) is 70.8 Å². The van der Waals surface area contributed by atoms with Crippen LogP contribution in [0.4, 0.5) is 17.1 Å². The average Bonchev–Trinajstić information content (AvgIpc) is 3.00. The summed E-state index contributed by atoms with van der Waals surface area (Å²) in [6.45, 7) is 0. The molecular formula is C30H22BrN. The normalized spacial score (nSPS) is 15.0. The lowest BCUT2D eigenvalue weighted by atomic mass is 10.0. The van der Waals surface area contributed by atoms with Gasteiger partial charge in [0.2, 0.25) is 0 Å². The fraction of sp³-hybridized carbons (Fsp3) is 0. The molecule has 0 aromatic heterocycles. The van der Waals surface area contributed by atoms with Crippen LogP contribution in [0.1, 0.15) is 13.7 Å². The molecule has 0 N–H and O–H groups in total. The van der Waals surface area contributed by atoms with Gasteiger partial charge in [0.25, 0.3) is 0 Å². The van der Waals surface area contributed by atoms with Crippen molar-refractivity contribution in [2.45, 2.75) is 0 Å². The van der Waals surface area contributed by atoms with Crippen LogP contribution < -0.4 is 4.90 Å². The van der Waals surface area contributed by atoms with E-state index < -0.39 is 36.3 Å². The maximum absolute atomic E-state index is 8.31. The molecule has 0 heterocycles. The van der Waals surface area contributed by atoms with Crippen molar-refractivity contribution in [1.82, 2.24) is 0 Å². The van der Waals surface area contributed by atoms with E-state index in [-0.39, 0.29) is 35.3 Å². The van der Waals surface area contributed by atoms with E-state index >= 15 is 0 Å². The minimum absolute atomic E-state index is 0.116. The minimum atomic E-state index is -0.446. The summed E-state index contributed by atoms with van der Waals surface area (Å²) in [5.41, 5.74) is 3.44. The van der Waals surface area contributed by atoms with Crippen LogP contribution in [0.3, 0.4) is 0 Å². The average molecular weight is 486 g/mol. The molecule has 0 fully saturated rings. The second-order valence-corrected chi connectivity index (χ2v) is 7.82. The topological polar surface area (TPSA) is 3.24 Å². The van der Waals surface area contributed by atoms with Gasteiger partial charge in [-0.3, -0.25) is 0 Å². The largest absolute Gasteiger partial charge is 0.311 e. The van der Waals surface area contributed by atoms with Gasteiger partial charge >= 0.3 is 0 Å². The van der Waals surface area contributed by atoms with Gasteiger partial charge in [-0.2, -0.15) is 0 Å². The van der Waals surface area contributed by atoms with E-state index in [2.05, 4.69) is 15.9 Å². The van der Waals surface area contributed by atoms with E-state index in [4.69, 9.17) is 13.7 Å². The Morgan fingerprint density at radius 1 is 0.438 bits per heavy atom. The third-order valence-corrected chi connectivity index (χ3v) is 5.44. The van der Waals surface area contributed by atoms with Crippen molar-refractivity contribution in [1.29, 1.82) is 0 Å². The summed E-state index contributed by atoms with van der Waals surface area (Å²) in [7, 11) is 0. The smallest absolute Gasteiger partial charge is 0.0629 e. The van der Waals surface area contributed by atoms with Crippen LogP contribution in [0.15, 0.2) is 138 Å². The number of rotatable bonds is 5. The number of nitrogens with zero attached hydrogens (tertiary/aromatic N) is 1. The monoisotopic (exact) mass is 485 g/mol. The van der Waals surface area contributed by atoms with Gasteiger partial charge in [-0.25, -0.2) is 0 Å². The highest BCUT2D eigenvalue weighted by molar-refractivity contribution is 9.10. The van der Waals surface area contributed by atoms with Crippen LogP contribution in [0.25, 0.3) is 22.3 Å². The number of halogens is 1. The molecule has 2 heteroatoms. The van der Waals surface area contributed by atoms with Gasteiger partial charge in [-0.15, -0.1) is 0 Å². The number of anilines is 3. The van der Waals surface area contributed by atoms with Crippen LogP contribution in [0, 0.1) is 0 Å². The van der Waals surface area contributed by atoms with E-state index in [0.717, 1.165) is 21.5 Å². The minimum Gasteiger partial charge on any atom is -0.311 e. The first kappa shape index (κ1) is 11.8. The molecule has 0 amide bonds. The zero-order valence-corrected chi connectivity index (χ0v) is 18.3. The Morgan fingerprint density at radius 3 is 1.16 bits per heavy atom. The number of hydrogen-bond acceptors (Lipinski definition) is 1. The molecular weight excluding hydrogens is 454 g/mol. The Bertz CT molecular complexity index is 1650. The van der Waals surface area contributed by atoms with Gasteiger partial charge < -0.3 is 4.90 Å². The number of benzene rings is 5. The van der Waals surface area contributed by atoms with Gasteiger partial charge in [-0.1, -0.05) is 101 Å². The van der Waals surface area contributed by atoms with Crippen molar-refractivity contribution in [2.24, 2.45) is 0 Å². The molecule has 0 saturated heterocycles. The van der Waals surface area contributed by atoms with Crippen LogP contribution >= 0.6 is 15.9 Å². The number of hydrogen-bond donors (Lipinski definition) is 0. The molecule has 0 aliphatic heterocycles. The Balaban J connectivity index is 1.60. The zero-order chi connectivity index (χ0) is 30.5. The van der Waals surface area contributed by atoms with E-state index in [0.29, 0.717) is 11.1 Å². The molecule has 0 aliphatic rings. The van der Waals surface area contributed by atoms with E-state index in [1.54, 1.807) is 48.5 Å². The molecule has 1 nitrogen and oxygen atoms in total. The molecule has 32 heavy (non-hydrogen) atoms. The van der Waals surface area contributed by atoms with Crippen LogP contribution in [0.5, 0.6) is 0 Å². The quantitative estimate of drug-likeness (QED) is 0.239. The fourth-order valence-corrected chi connectivity index (χ4v) is 3.64. The second kappa shape index (κ2) is 9.25. The third kappa shape index (κ3) is 4.37. The second-order valence-electron chi connectivity index (χ2n) is 6.91. The first-order valence-corrected chi connectivity index (χ1v) is 10.6. The lowest BCUT2D eigenvalue weighted by Gasteiger charge is -2.26. The molecule has 0 spiro atoms. The van der Waals surface area contributed by atoms with Crippen molar-refractivity contribution in [3.05, 3.63) is 138 Å². The van der Waals surface area contributed by atoms with Crippen LogP contribution in [0.2, 0.25) is 0 Å². The molecule has 0 unspecified atom stereocenters. The lowest BCUT2D eigenvalue weighted by molar-refractivity contribution is 1.28. The highest BCUT2D eigenvalue weighted by Gasteiger charge is 2.13. The summed E-state index contributed by atoms with van der Waals surface area (Å²) in [6.07, 6.45) is 0. The maximum Gasteiger partial charge on any atom is 0.0629 e. The highest BCUT2D eigenvalue weighted by Crippen LogP contribution is 2.37. The highest BCUT2D eigenvalue weighted by atomic mass is 79.9. The van der Waals surface area contributed by atoms with Gasteiger partial charge in [0.05, 0.1) is 13.7 Å². The van der Waals surface area contributed by atoms with Gasteiger partial charge in [0.1, 0.15) is 0 Å². The Kier molecular flexibility index (Phi) is 3.43. The summed E-state index contributed by atoms with van der Waals surface area (Å²) in [4.78, 5) is 1.95. The predicted molar refractivity (Wildman–Crippen MR) is 140 cm³/mol. The molecule has 5 aromatic rings. The van der Waals surface area contributed by atoms with Crippen molar-refractivity contribution < 1.29 is 13.7 Å². The van der Waals surface area contributed by atoms with Crippen molar-refractivity contribution >= 4 is 33.0 Å². The summed E-state index contributed by atoms with van der Waals surface area (Å²) < 4.78 is 81.9. The lowest BCUT2D eigenvalue weighted by Crippen LogP contribution is -2.09. The first-order valence-electron chi connectivity index (χ1n) is 14.8. The van der Waals surface area contributed by atoms with E-state index in [9.17, 15) is 0 Å². The molecule has 0 saturated carbocycles. The van der Waals surface area contributed by atoms with E-state index in [1.807, 2.05) is 29.2 Å². The molecule has 0 bridgehead atoms. The summed E-state index contributed by atoms with van der Waals surface area (Å²) in [5, 5.41) is 0. The molecule has 5 rings (SSSR count). The van der Waals surface area contributed by atoms with Crippen LogP contribution in [-0.2, 0) is 0 Å². The van der Waals surface area contributed by atoms with Gasteiger partial charge in [0, 0.05) is 21.5 Å². The van der Waals surface area contributed by atoms with Crippen LogP contribution in [-0.4, -0.2) is 0 Å². The standard InChI is InChI=1S/C30H22BrN/c31-27-15-21-30(22-16-27)32(28-17-11-25(12-18-28)23-7-3-1-4-8-23)29-19-13-26(14-20-29)24-9-5-2-6-10-24/h1-22H/i1D,2D,3D,4D,5D,6D,7D,8D,9D,10D. The predicted octanol–water partition coefficient (Wildman–Crippen LogP) is 9.25. The summed E-state index contributed by atoms with van der Waals surface area (Å²) >= 11 is 3.46. The van der Waals surface area contributed by atoms with E-state index in [1.165, 1.54) is 0 Å². The molecule has 0 atom stereocenters. The van der Waals surface area contributed by atoms with Gasteiger partial charge in [0.15, 0.2) is 0 Å². The Morgan fingerprint density at radius 2 is 0.781 bits per heavy atom. The molecule has 0 radical (unpaired) electrons. The molecule has 5 aromatic carbocycles. The maximum atomic E-state index is 8.31. The molecule has 154 valence electrons. The van der Waals surface area contributed by atoms with Crippen molar-refractivity contribution in [3.63, 3.8) is 0 Å². The first-order chi connectivity index (χ1) is 19.9. The third-order valence-electron chi connectivity index (χ3n) is 4.91. The fourth-order valence-electron chi connectivity index (χ4n) is 3.38.